The minimum absolute atomic E-state index is 0.472. The van der Waals surface area contributed by atoms with E-state index in [4.69, 9.17) is 10.5 Å². The molecule has 1 heterocycles. The zero-order chi connectivity index (χ0) is 11.3. The number of rotatable bonds is 6. The first kappa shape index (κ1) is 12.3. The second kappa shape index (κ2) is 5.95. The van der Waals surface area contributed by atoms with Gasteiger partial charge in [-0.3, -0.25) is 4.99 Å². The standard InChI is InChI=1S/C11H23N3O/c1-4-5-9(2)10-8-13-11(12)14(10)6-7-15-3/h9-10H,4-8H2,1-3H3,(H2,12,13). The van der Waals surface area contributed by atoms with Gasteiger partial charge in [-0.15, -0.1) is 0 Å². The van der Waals surface area contributed by atoms with Crippen LogP contribution in [0.5, 0.6) is 0 Å². The molecule has 4 heteroatoms. The topological polar surface area (TPSA) is 50.8 Å². The van der Waals surface area contributed by atoms with Gasteiger partial charge in [-0.05, 0) is 12.3 Å². The molecule has 0 radical (unpaired) electrons. The summed E-state index contributed by atoms with van der Waals surface area (Å²) in [7, 11) is 1.72. The number of aliphatic imine (C=N–C) groups is 1. The van der Waals surface area contributed by atoms with E-state index < -0.39 is 0 Å². The van der Waals surface area contributed by atoms with E-state index in [2.05, 4.69) is 23.7 Å². The number of nitrogens with two attached hydrogens (primary N) is 1. The fourth-order valence-electron chi connectivity index (χ4n) is 2.15. The maximum atomic E-state index is 5.86. The first-order valence-corrected chi connectivity index (χ1v) is 5.76. The van der Waals surface area contributed by atoms with E-state index >= 15 is 0 Å². The quantitative estimate of drug-likeness (QED) is 0.718. The summed E-state index contributed by atoms with van der Waals surface area (Å²) < 4.78 is 5.09. The predicted octanol–water partition coefficient (Wildman–Crippen LogP) is 1.07. The van der Waals surface area contributed by atoms with Crippen LogP contribution in [0.15, 0.2) is 4.99 Å². The first-order valence-electron chi connectivity index (χ1n) is 5.76. The number of methoxy groups -OCH3 is 1. The monoisotopic (exact) mass is 213 g/mol. The van der Waals surface area contributed by atoms with E-state index in [1.54, 1.807) is 7.11 Å². The summed E-state index contributed by atoms with van der Waals surface area (Å²) in [6.07, 6.45) is 2.45. The molecule has 2 atom stereocenters. The van der Waals surface area contributed by atoms with E-state index in [-0.39, 0.29) is 0 Å². The Bertz CT molecular complexity index is 218. The Kier molecular flexibility index (Phi) is 4.88. The normalized spacial score (nSPS) is 23.0. The van der Waals surface area contributed by atoms with Crippen molar-refractivity contribution in [2.75, 3.05) is 26.8 Å². The Morgan fingerprint density at radius 1 is 1.67 bits per heavy atom. The van der Waals surface area contributed by atoms with E-state index in [9.17, 15) is 0 Å². The third kappa shape index (κ3) is 3.09. The van der Waals surface area contributed by atoms with Gasteiger partial charge in [-0.25, -0.2) is 0 Å². The van der Waals surface area contributed by atoms with Crippen molar-refractivity contribution in [2.45, 2.75) is 32.7 Å². The van der Waals surface area contributed by atoms with Gasteiger partial charge in [0.05, 0.1) is 19.2 Å². The molecule has 1 aliphatic rings. The molecule has 0 saturated heterocycles. The smallest absolute Gasteiger partial charge is 0.191 e. The summed E-state index contributed by atoms with van der Waals surface area (Å²) in [5.41, 5.74) is 5.86. The number of guanidine groups is 1. The van der Waals surface area contributed by atoms with E-state index in [0.717, 1.165) is 13.1 Å². The van der Waals surface area contributed by atoms with E-state index in [1.165, 1.54) is 12.8 Å². The highest BCUT2D eigenvalue weighted by Gasteiger charge is 2.29. The van der Waals surface area contributed by atoms with Gasteiger partial charge < -0.3 is 15.4 Å². The predicted molar refractivity (Wildman–Crippen MR) is 62.9 cm³/mol. The Morgan fingerprint density at radius 2 is 2.40 bits per heavy atom. The summed E-state index contributed by atoms with van der Waals surface area (Å²) in [5, 5.41) is 0. The van der Waals surface area contributed by atoms with Gasteiger partial charge in [-0.2, -0.15) is 0 Å². The van der Waals surface area contributed by atoms with Crippen molar-refractivity contribution in [3.8, 4) is 0 Å². The Morgan fingerprint density at radius 3 is 3.00 bits per heavy atom. The highest BCUT2D eigenvalue weighted by Crippen LogP contribution is 2.20. The van der Waals surface area contributed by atoms with Gasteiger partial charge in [0.1, 0.15) is 0 Å². The van der Waals surface area contributed by atoms with Crippen molar-refractivity contribution in [2.24, 2.45) is 16.6 Å². The molecule has 15 heavy (non-hydrogen) atoms. The lowest BCUT2D eigenvalue weighted by Crippen LogP contribution is -2.45. The van der Waals surface area contributed by atoms with Crippen LogP contribution in [0.3, 0.4) is 0 Å². The Hall–Kier alpha value is -0.770. The van der Waals surface area contributed by atoms with Crippen LogP contribution in [0.4, 0.5) is 0 Å². The largest absolute Gasteiger partial charge is 0.383 e. The van der Waals surface area contributed by atoms with Crippen molar-refractivity contribution in [1.29, 1.82) is 0 Å². The molecule has 88 valence electrons. The number of hydrogen-bond donors (Lipinski definition) is 1. The molecule has 0 bridgehead atoms. The highest BCUT2D eigenvalue weighted by atomic mass is 16.5. The highest BCUT2D eigenvalue weighted by molar-refractivity contribution is 5.80. The molecule has 0 spiro atoms. The minimum Gasteiger partial charge on any atom is -0.383 e. The maximum Gasteiger partial charge on any atom is 0.191 e. The third-order valence-electron chi connectivity index (χ3n) is 3.07. The molecule has 0 fully saturated rings. The van der Waals surface area contributed by atoms with Crippen LogP contribution in [0.1, 0.15) is 26.7 Å². The zero-order valence-corrected chi connectivity index (χ0v) is 10.1. The van der Waals surface area contributed by atoms with Crippen LogP contribution in [0, 0.1) is 5.92 Å². The third-order valence-corrected chi connectivity index (χ3v) is 3.07. The first-order chi connectivity index (χ1) is 7.20. The molecule has 0 aliphatic carbocycles. The van der Waals surface area contributed by atoms with Crippen molar-refractivity contribution in [1.82, 2.24) is 4.90 Å². The van der Waals surface area contributed by atoms with Crippen molar-refractivity contribution in [3.63, 3.8) is 0 Å². The lowest BCUT2D eigenvalue weighted by molar-refractivity contribution is 0.152. The molecule has 2 unspecified atom stereocenters. The van der Waals surface area contributed by atoms with Crippen molar-refractivity contribution >= 4 is 5.96 Å². The number of nitrogens with zero attached hydrogens (tertiary/aromatic N) is 2. The summed E-state index contributed by atoms with van der Waals surface area (Å²) in [6.45, 7) is 6.91. The molecule has 1 rings (SSSR count). The van der Waals surface area contributed by atoms with E-state index in [0.29, 0.717) is 24.5 Å². The molecule has 2 N–H and O–H groups in total. The minimum atomic E-state index is 0.472. The second-order valence-electron chi connectivity index (χ2n) is 4.22. The van der Waals surface area contributed by atoms with E-state index in [1.807, 2.05) is 0 Å². The zero-order valence-electron chi connectivity index (χ0n) is 10.1. The van der Waals surface area contributed by atoms with Crippen LogP contribution < -0.4 is 5.73 Å². The van der Waals surface area contributed by atoms with Gasteiger partial charge in [0, 0.05) is 13.7 Å². The average molecular weight is 213 g/mol. The Labute approximate surface area is 92.5 Å². The van der Waals surface area contributed by atoms with Gasteiger partial charge in [0.25, 0.3) is 0 Å². The van der Waals surface area contributed by atoms with Gasteiger partial charge in [-0.1, -0.05) is 20.3 Å². The molecular weight excluding hydrogens is 190 g/mol. The van der Waals surface area contributed by atoms with Gasteiger partial charge >= 0.3 is 0 Å². The molecule has 0 aromatic rings. The molecule has 4 nitrogen and oxygen atoms in total. The maximum absolute atomic E-state index is 5.86. The van der Waals surface area contributed by atoms with Crippen LogP contribution in [-0.2, 0) is 4.74 Å². The molecule has 0 amide bonds. The van der Waals surface area contributed by atoms with Crippen LogP contribution in [-0.4, -0.2) is 43.7 Å². The number of hydrogen-bond acceptors (Lipinski definition) is 4. The fourth-order valence-corrected chi connectivity index (χ4v) is 2.15. The lowest BCUT2D eigenvalue weighted by atomic mass is 9.96. The number of ether oxygens (including phenoxy) is 1. The summed E-state index contributed by atoms with van der Waals surface area (Å²) in [5.74, 6) is 1.33. The molecule has 0 aromatic carbocycles. The molecule has 1 aliphatic heterocycles. The van der Waals surface area contributed by atoms with Gasteiger partial charge in [0.15, 0.2) is 5.96 Å². The molecule has 0 saturated carbocycles. The summed E-state index contributed by atoms with van der Waals surface area (Å²) >= 11 is 0. The van der Waals surface area contributed by atoms with Crippen LogP contribution in [0.25, 0.3) is 0 Å². The fraction of sp³-hybridized carbons (Fsp3) is 0.909. The molecule has 0 aromatic heterocycles. The summed E-state index contributed by atoms with van der Waals surface area (Å²) in [4.78, 5) is 6.50. The SMILES string of the molecule is CCCC(C)C1CN=C(N)N1CCOC. The second-order valence-corrected chi connectivity index (χ2v) is 4.22. The average Bonchev–Trinajstić information content (AvgIpc) is 2.57. The van der Waals surface area contributed by atoms with Crippen LogP contribution in [0.2, 0.25) is 0 Å². The lowest BCUT2D eigenvalue weighted by Gasteiger charge is -2.30. The summed E-state index contributed by atoms with van der Waals surface area (Å²) in [6, 6.07) is 0.472. The Balaban J connectivity index is 2.50. The molecular formula is C11H23N3O. The van der Waals surface area contributed by atoms with Crippen molar-refractivity contribution in [3.05, 3.63) is 0 Å². The van der Waals surface area contributed by atoms with Crippen molar-refractivity contribution < 1.29 is 4.74 Å². The van der Waals surface area contributed by atoms with Gasteiger partial charge in [0.2, 0.25) is 0 Å². The van der Waals surface area contributed by atoms with Crippen LogP contribution >= 0.6 is 0 Å².